The van der Waals surface area contributed by atoms with E-state index in [0.29, 0.717) is 17.3 Å². The van der Waals surface area contributed by atoms with Gasteiger partial charge in [0, 0.05) is 17.8 Å². The lowest BCUT2D eigenvalue weighted by Crippen LogP contribution is -2.39. The first-order valence-electron chi connectivity index (χ1n) is 5.42. The van der Waals surface area contributed by atoms with Gasteiger partial charge in [-0.3, -0.25) is 9.78 Å². The third-order valence-electron chi connectivity index (χ3n) is 2.78. The highest BCUT2D eigenvalue weighted by Gasteiger charge is 2.20. The fourth-order valence-corrected chi connectivity index (χ4v) is 1.62. The second-order valence-electron chi connectivity index (χ2n) is 3.97. The van der Waals surface area contributed by atoms with Gasteiger partial charge in [-0.25, -0.2) is 0 Å². The van der Waals surface area contributed by atoms with Crippen LogP contribution in [0.15, 0.2) is 18.3 Å². The molecule has 4 heteroatoms. The van der Waals surface area contributed by atoms with E-state index in [2.05, 4.69) is 10.3 Å². The van der Waals surface area contributed by atoms with Gasteiger partial charge in [-0.2, -0.15) is 5.26 Å². The second-order valence-corrected chi connectivity index (χ2v) is 3.97. The van der Waals surface area contributed by atoms with E-state index in [4.69, 9.17) is 5.26 Å². The summed E-state index contributed by atoms with van der Waals surface area (Å²) in [5.41, 5.74) is 1.23. The van der Waals surface area contributed by atoms with Crippen molar-refractivity contribution in [3.8, 4) is 6.07 Å². The van der Waals surface area contributed by atoms with Crippen molar-refractivity contribution < 1.29 is 4.79 Å². The molecule has 16 heavy (non-hydrogen) atoms. The van der Waals surface area contributed by atoms with Gasteiger partial charge < -0.3 is 5.32 Å². The molecule has 0 aliphatic heterocycles. The molecule has 2 rings (SSSR count). The van der Waals surface area contributed by atoms with Crippen molar-refractivity contribution in [1.82, 2.24) is 10.3 Å². The maximum Gasteiger partial charge on any atom is 0.251 e. The molecule has 1 heterocycles. The molecule has 1 aliphatic carbocycles. The normalized spacial score (nSPS) is 14.9. The molecular formula is C12H13N3O. The summed E-state index contributed by atoms with van der Waals surface area (Å²) >= 11 is 0. The third kappa shape index (κ3) is 2.37. The molecule has 1 fully saturated rings. The largest absolute Gasteiger partial charge is 0.349 e. The van der Waals surface area contributed by atoms with Gasteiger partial charge in [0.25, 0.3) is 5.91 Å². The Morgan fingerprint density at radius 3 is 3.06 bits per heavy atom. The molecule has 0 atom stereocenters. The first-order valence-corrected chi connectivity index (χ1v) is 5.42. The number of nitriles is 1. The quantitative estimate of drug-likeness (QED) is 0.829. The number of carbonyl (C=O) groups is 1. The van der Waals surface area contributed by atoms with Gasteiger partial charge in [-0.05, 0) is 31.4 Å². The predicted molar refractivity (Wildman–Crippen MR) is 58.7 cm³/mol. The van der Waals surface area contributed by atoms with Crippen molar-refractivity contribution in [3.05, 3.63) is 29.6 Å². The Bertz CT molecular complexity index is 432. The molecule has 1 amide bonds. The van der Waals surface area contributed by atoms with Crippen molar-refractivity contribution in [2.45, 2.75) is 31.7 Å². The lowest BCUT2D eigenvalue weighted by Gasteiger charge is -2.26. The van der Waals surface area contributed by atoms with Gasteiger partial charge in [0.15, 0.2) is 0 Å². The van der Waals surface area contributed by atoms with Gasteiger partial charge in [0.1, 0.15) is 0 Å². The molecular weight excluding hydrogens is 202 g/mol. The predicted octanol–water partition coefficient (Wildman–Crippen LogP) is 1.43. The second kappa shape index (κ2) is 4.75. The highest BCUT2D eigenvalue weighted by atomic mass is 16.1. The number of nitrogens with zero attached hydrogens (tertiary/aromatic N) is 2. The van der Waals surface area contributed by atoms with E-state index < -0.39 is 0 Å². The van der Waals surface area contributed by atoms with Gasteiger partial charge in [-0.1, -0.05) is 0 Å². The van der Waals surface area contributed by atoms with Crippen LogP contribution in [0.1, 0.15) is 35.3 Å². The SMILES string of the molecule is N#CCc1cc(C(=O)NC2CCC2)ccn1. The molecule has 0 unspecified atom stereocenters. The van der Waals surface area contributed by atoms with Crippen molar-refractivity contribution in [2.24, 2.45) is 0 Å². The van der Waals surface area contributed by atoms with Crippen LogP contribution in [0.3, 0.4) is 0 Å². The van der Waals surface area contributed by atoms with Gasteiger partial charge in [-0.15, -0.1) is 0 Å². The van der Waals surface area contributed by atoms with Gasteiger partial charge >= 0.3 is 0 Å². The number of hydrogen-bond donors (Lipinski definition) is 1. The number of nitrogens with one attached hydrogen (secondary N) is 1. The zero-order chi connectivity index (χ0) is 11.4. The van der Waals surface area contributed by atoms with Crippen LogP contribution in [0.2, 0.25) is 0 Å². The molecule has 0 spiro atoms. The van der Waals surface area contributed by atoms with Gasteiger partial charge in [0.2, 0.25) is 0 Å². The Hall–Kier alpha value is -1.89. The Labute approximate surface area is 94.3 Å². The Morgan fingerprint density at radius 1 is 1.62 bits per heavy atom. The van der Waals surface area contributed by atoms with E-state index in [1.165, 1.54) is 6.42 Å². The van der Waals surface area contributed by atoms with Crippen LogP contribution >= 0.6 is 0 Å². The Balaban J connectivity index is 2.04. The molecule has 1 aromatic heterocycles. The van der Waals surface area contributed by atoms with Crippen LogP contribution in [0.4, 0.5) is 0 Å². The van der Waals surface area contributed by atoms with Gasteiger partial charge in [0.05, 0.1) is 18.2 Å². The van der Waals surface area contributed by atoms with E-state index in [0.717, 1.165) is 12.8 Å². The maximum atomic E-state index is 11.8. The topological polar surface area (TPSA) is 65.8 Å². The van der Waals surface area contributed by atoms with E-state index in [9.17, 15) is 4.79 Å². The number of amides is 1. The minimum Gasteiger partial charge on any atom is -0.349 e. The summed E-state index contributed by atoms with van der Waals surface area (Å²) in [4.78, 5) is 15.8. The third-order valence-corrected chi connectivity index (χ3v) is 2.78. The average molecular weight is 215 g/mol. The molecule has 82 valence electrons. The summed E-state index contributed by atoms with van der Waals surface area (Å²) in [7, 11) is 0. The van der Waals surface area contributed by atoms with Crippen LogP contribution in [0, 0.1) is 11.3 Å². The number of aromatic nitrogens is 1. The summed E-state index contributed by atoms with van der Waals surface area (Å²) < 4.78 is 0. The number of hydrogen-bond acceptors (Lipinski definition) is 3. The average Bonchev–Trinajstić information content (AvgIpc) is 2.24. The van der Waals surface area contributed by atoms with Crippen LogP contribution in [-0.2, 0) is 6.42 Å². The standard InChI is InChI=1S/C12H13N3O/c13-6-4-11-8-9(5-7-14-11)12(16)15-10-2-1-3-10/h5,7-8,10H,1-4H2,(H,15,16). The number of rotatable bonds is 3. The number of carbonyl (C=O) groups excluding carboxylic acids is 1. The first kappa shape index (κ1) is 10.6. The summed E-state index contributed by atoms with van der Waals surface area (Å²) in [6, 6.07) is 5.71. The van der Waals surface area contributed by atoms with E-state index in [1.54, 1.807) is 18.3 Å². The minimum atomic E-state index is -0.0636. The van der Waals surface area contributed by atoms with Crippen LogP contribution in [0.25, 0.3) is 0 Å². The Kier molecular flexibility index (Phi) is 3.16. The first-order chi connectivity index (χ1) is 7.79. The van der Waals surface area contributed by atoms with Crippen LogP contribution in [-0.4, -0.2) is 16.9 Å². The number of pyridine rings is 1. The highest BCUT2D eigenvalue weighted by Crippen LogP contribution is 2.18. The van der Waals surface area contributed by atoms with E-state index in [-0.39, 0.29) is 12.3 Å². The molecule has 0 bridgehead atoms. The van der Waals surface area contributed by atoms with Crippen molar-refractivity contribution in [2.75, 3.05) is 0 Å². The molecule has 1 saturated carbocycles. The fraction of sp³-hybridized carbons (Fsp3) is 0.417. The summed E-state index contributed by atoms with van der Waals surface area (Å²) in [6.07, 6.45) is 5.15. The van der Waals surface area contributed by atoms with E-state index >= 15 is 0 Å². The van der Waals surface area contributed by atoms with Crippen LogP contribution in [0.5, 0.6) is 0 Å². The van der Waals surface area contributed by atoms with Crippen molar-refractivity contribution in [3.63, 3.8) is 0 Å². The molecule has 4 nitrogen and oxygen atoms in total. The zero-order valence-electron chi connectivity index (χ0n) is 8.94. The van der Waals surface area contributed by atoms with Crippen molar-refractivity contribution >= 4 is 5.91 Å². The monoisotopic (exact) mass is 215 g/mol. The summed E-state index contributed by atoms with van der Waals surface area (Å²) in [5, 5.41) is 11.5. The fourth-order valence-electron chi connectivity index (χ4n) is 1.62. The zero-order valence-corrected chi connectivity index (χ0v) is 8.94. The maximum absolute atomic E-state index is 11.8. The smallest absolute Gasteiger partial charge is 0.251 e. The molecule has 0 aromatic carbocycles. The highest BCUT2D eigenvalue weighted by molar-refractivity contribution is 5.94. The summed E-state index contributed by atoms with van der Waals surface area (Å²) in [6.45, 7) is 0. The molecule has 1 aliphatic rings. The molecule has 0 radical (unpaired) electrons. The molecule has 1 aromatic rings. The Morgan fingerprint density at radius 2 is 2.44 bits per heavy atom. The minimum absolute atomic E-state index is 0.0636. The lowest BCUT2D eigenvalue weighted by molar-refractivity contribution is 0.0916. The molecule has 0 saturated heterocycles. The van der Waals surface area contributed by atoms with Crippen LogP contribution < -0.4 is 5.32 Å². The van der Waals surface area contributed by atoms with E-state index in [1.807, 2.05) is 6.07 Å². The molecule has 1 N–H and O–H groups in total. The summed E-state index contributed by atoms with van der Waals surface area (Å²) in [5.74, 6) is -0.0636. The lowest BCUT2D eigenvalue weighted by atomic mass is 9.93. The van der Waals surface area contributed by atoms with Crippen molar-refractivity contribution in [1.29, 1.82) is 5.26 Å².